The summed E-state index contributed by atoms with van der Waals surface area (Å²) in [5.74, 6) is -0.126. The number of aliphatic hydroxyl groups is 1. The van der Waals surface area contributed by atoms with Gasteiger partial charge in [-0.3, -0.25) is 4.79 Å². The van der Waals surface area contributed by atoms with Crippen molar-refractivity contribution in [2.75, 3.05) is 25.5 Å². The highest BCUT2D eigenvalue weighted by Crippen LogP contribution is 2.25. The number of fused-ring (bicyclic) bond motifs is 1. The number of aliphatic hydroxyl groups excluding tert-OH is 1. The molecule has 3 rings (SSSR count). The lowest BCUT2D eigenvalue weighted by atomic mass is 9.99. The summed E-state index contributed by atoms with van der Waals surface area (Å²) < 4.78 is 0. The van der Waals surface area contributed by atoms with Gasteiger partial charge < -0.3 is 15.3 Å². The number of carbonyl (C=O) groups excluding carboxylic acids is 1. The van der Waals surface area contributed by atoms with Gasteiger partial charge in [-0.25, -0.2) is 0 Å². The average molecular weight is 348 g/mol. The van der Waals surface area contributed by atoms with E-state index in [4.69, 9.17) is 0 Å². The van der Waals surface area contributed by atoms with Gasteiger partial charge in [0, 0.05) is 31.9 Å². The van der Waals surface area contributed by atoms with Gasteiger partial charge in [-0.2, -0.15) is 0 Å². The van der Waals surface area contributed by atoms with Crippen LogP contribution in [-0.2, 0) is 0 Å². The van der Waals surface area contributed by atoms with Crippen LogP contribution >= 0.6 is 0 Å². The van der Waals surface area contributed by atoms with Crippen LogP contribution in [0.2, 0.25) is 0 Å². The Bertz CT molecular complexity index is 900. The maximum absolute atomic E-state index is 12.3. The van der Waals surface area contributed by atoms with Crippen molar-refractivity contribution < 1.29 is 9.90 Å². The molecule has 0 aliphatic heterocycles. The largest absolute Gasteiger partial charge is 0.388 e. The fourth-order valence-electron chi connectivity index (χ4n) is 3.05. The Kier molecular flexibility index (Phi) is 5.54. The Morgan fingerprint density at radius 3 is 2.58 bits per heavy atom. The molecule has 3 aromatic carbocycles. The van der Waals surface area contributed by atoms with Gasteiger partial charge in [-0.05, 0) is 41.0 Å². The van der Waals surface area contributed by atoms with Crippen molar-refractivity contribution in [1.29, 1.82) is 0 Å². The Hall–Kier alpha value is -2.85. The molecule has 0 bridgehead atoms. The maximum atomic E-state index is 12.3. The topological polar surface area (TPSA) is 52.6 Å². The minimum atomic E-state index is -0.616. The lowest BCUT2D eigenvalue weighted by Crippen LogP contribution is -2.26. The molecular weight excluding hydrogens is 324 g/mol. The summed E-state index contributed by atoms with van der Waals surface area (Å²) >= 11 is 0. The van der Waals surface area contributed by atoms with Crippen LogP contribution in [0, 0.1) is 0 Å². The van der Waals surface area contributed by atoms with E-state index in [0.29, 0.717) is 18.5 Å². The molecule has 0 spiro atoms. The van der Waals surface area contributed by atoms with E-state index in [1.54, 1.807) is 6.07 Å². The van der Waals surface area contributed by atoms with Crippen LogP contribution in [0.5, 0.6) is 0 Å². The molecule has 26 heavy (non-hydrogen) atoms. The van der Waals surface area contributed by atoms with Crippen LogP contribution in [0.15, 0.2) is 66.7 Å². The van der Waals surface area contributed by atoms with Crippen molar-refractivity contribution >= 4 is 22.4 Å². The van der Waals surface area contributed by atoms with Gasteiger partial charge in [0.15, 0.2) is 0 Å². The highest BCUT2D eigenvalue weighted by Gasteiger charge is 2.12. The first-order valence-electron chi connectivity index (χ1n) is 8.77. The summed E-state index contributed by atoms with van der Waals surface area (Å²) in [6.07, 6.45) is -0.151. The minimum Gasteiger partial charge on any atom is -0.388 e. The molecule has 0 heterocycles. The first-order chi connectivity index (χ1) is 12.6. The quantitative estimate of drug-likeness (QED) is 0.713. The first-order valence-corrected chi connectivity index (χ1v) is 8.77. The summed E-state index contributed by atoms with van der Waals surface area (Å²) in [5, 5.41) is 15.6. The molecule has 4 nitrogen and oxygen atoms in total. The fraction of sp³-hybridized carbons (Fsp3) is 0.227. The molecule has 0 saturated heterocycles. The number of carbonyl (C=O) groups is 1. The molecule has 134 valence electrons. The summed E-state index contributed by atoms with van der Waals surface area (Å²) in [6, 6.07) is 21.4. The van der Waals surface area contributed by atoms with Crippen molar-refractivity contribution in [2.45, 2.75) is 12.5 Å². The van der Waals surface area contributed by atoms with E-state index in [1.807, 2.05) is 79.7 Å². The highest BCUT2D eigenvalue weighted by atomic mass is 16.3. The van der Waals surface area contributed by atoms with E-state index >= 15 is 0 Å². The predicted molar refractivity (Wildman–Crippen MR) is 107 cm³/mol. The second-order valence-electron chi connectivity index (χ2n) is 6.57. The monoisotopic (exact) mass is 348 g/mol. The van der Waals surface area contributed by atoms with E-state index in [-0.39, 0.29) is 5.91 Å². The number of benzene rings is 3. The zero-order chi connectivity index (χ0) is 18.5. The predicted octanol–water partition coefficient (Wildman–Crippen LogP) is 3.76. The molecule has 2 N–H and O–H groups in total. The number of nitrogens with zero attached hydrogens (tertiary/aromatic N) is 1. The van der Waals surface area contributed by atoms with Crippen LogP contribution in [0.25, 0.3) is 10.8 Å². The van der Waals surface area contributed by atoms with Crippen LogP contribution in [-0.4, -0.2) is 31.7 Å². The van der Waals surface area contributed by atoms with E-state index < -0.39 is 6.10 Å². The molecule has 3 aromatic rings. The third kappa shape index (κ3) is 4.03. The zero-order valence-corrected chi connectivity index (χ0v) is 15.1. The number of hydrogen-bond donors (Lipinski definition) is 2. The molecule has 0 aliphatic rings. The molecule has 1 unspecified atom stereocenters. The maximum Gasteiger partial charge on any atom is 0.251 e. The molecule has 0 aromatic heterocycles. The Morgan fingerprint density at radius 2 is 1.77 bits per heavy atom. The zero-order valence-electron chi connectivity index (χ0n) is 15.1. The smallest absolute Gasteiger partial charge is 0.251 e. The van der Waals surface area contributed by atoms with Crippen LogP contribution < -0.4 is 10.2 Å². The summed E-state index contributed by atoms with van der Waals surface area (Å²) in [6.45, 7) is 0.412. The second kappa shape index (κ2) is 8.02. The van der Waals surface area contributed by atoms with Crippen molar-refractivity contribution in [3.63, 3.8) is 0 Å². The van der Waals surface area contributed by atoms with Crippen LogP contribution in [0.1, 0.15) is 28.4 Å². The molecule has 0 aliphatic carbocycles. The van der Waals surface area contributed by atoms with Gasteiger partial charge in [-0.15, -0.1) is 0 Å². The Morgan fingerprint density at radius 1 is 1.04 bits per heavy atom. The lowest BCUT2D eigenvalue weighted by Gasteiger charge is -2.15. The van der Waals surface area contributed by atoms with Crippen LogP contribution in [0.4, 0.5) is 5.69 Å². The van der Waals surface area contributed by atoms with Crippen molar-refractivity contribution in [3.8, 4) is 0 Å². The third-order valence-electron chi connectivity index (χ3n) is 4.51. The highest BCUT2D eigenvalue weighted by molar-refractivity contribution is 5.95. The van der Waals surface area contributed by atoms with E-state index in [1.165, 1.54) is 0 Å². The molecule has 0 radical (unpaired) electrons. The standard InChI is InChI=1S/C22H24N2O2/c1-24(2)18-10-5-9-17(15-18)22(26)23-14-13-21(25)20-12-6-8-16-7-3-4-11-19(16)20/h3-12,15,21,25H,13-14H2,1-2H3,(H,23,26). The number of anilines is 1. The van der Waals surface area contributed by atoms with Gasteiger partial charge in [0.1, 0.15) is 0 Å². The SMILES string of the molecule is CN(C)c1cccc(C(=O)NCCC(O)c2cccc3ccccc23)c1. The summed E-state index contributed by atoms with van der Waals surface area (Å²) in [7, 11) is 3.88. The van der Waals surface area contributed by atoms with E-state index in [9.17, 15) is 9.90 Å². The van der Waals surface area contributed by atoms with Gasteiger partial charge >= 0.3 is 0 Å². The van der Waals surface area contributed by atoms with E-state index in [2.05, 4.69) is 5.32 Å². The molecule has 1 amide bonds. The van der Waals surface area contributed by atoms with Crippen molar-refractivity contribution in [2.24, 2.45) is 0 Å². The van der Waals surface area contributed by atoms with Gasteiger partial charge in [0.05, 0.1) is 6.10 Å². The number of hydrogen-bond acceptors (Lipinski definition) is 3. The Balaban J connectivity index is 1.62. The second-order valence-corrected chi connectivity index (χ2v) is 6.57. The summed E-state index contributed by atoms with van der Waals surface area (Å²) in [4.78, 5) is 14.3. The Labute approximate surface area is 154 Å². The molecule has 0 fully saturated rings. The summed E-state index contributed by atoms with van der Waals surface area (Å²) in [5.41, 5.74) is 2.50. The lowest BCUT2D eigenvalue weighted by molar-refractivity contribution is 0.0943. The van der Waals surface area contributed by atoms with Crippen molar-refractivity contribution in [3.05, 3.63) is 77.9 Å². The van der Waals surface area contributed by atoms with Crippen molar-refractivity contribution in [1.82, 2.24) is 5.32 Å². The third-order valence-corrected chi connectivity index (χ3v) is 4.51. The molecular formula is C22H24N2O2. The number of rotatable bonds is 6. The first kappa shape index (κ1) is 18.0. The van der Waals surface area contributed by atoms with Gasteiger partial charge in [-0.1, -0.05) is 48.5 Å². The normalized spacial score (nSPS) is 12.0. The molecule has 0 saturated carbocycles. The average Bonchev–Trinajstić information content (AvgIpc) is 2.67. The van der Waals surface area contributed by atoms with Gasteiger partial charge in [0.2, 0.25) is 0 Å². The van der Waals surface area contributed by atoms with Crippen LogP contribution in [0.3, 0.4) is 0 Å². The number of nitrogens with one attached hydrogen (secondary N) is 1. The number of amides is 1. The minimum absolute atomic E-state index is 0.126. The van der Waals surface area contributed by atoms with Gasteiger partial charge in [0.25, 0.3) is 5.91 Å². The molecule has 1 atom stereocenters. The molecule has 4 heteroatoms. The van der Waals surface area contributed by atoms with E-state index in [0.717, 1.165) is 22.0 Å². The fourth-order valence-corrected chi connectivity index (χ4v) is 3.05.